The average molecular weight is 459 g/mol. The third-order valence-electron chi connectivity index (χ3n) is 7.90. The fourth-order valence-corrected chi connectivity index (χ4v) is 5.99. The van der Waals surface area contributed by atoms with Crippen LogP contribution in [0.2, 0.25) is 0 Å². The van der Waals surface area contributed by atoms with E-state index in [0.29, 0.717) is 0 Å². The Morgan fingerprint density at radius 3 is 1.77 bits per heavy atom. The molecule has 0 heterocycles. The van der Waals surface area contributed by atoms with Gasteiger partial charge in [-0.15, -0.1) is 0 Å². The first-order chi connectivity index (χ1) is 17.1. The molecule has 0 bridgehead atoms. The van der Waals surface area contributed by atoms with Gasteiger partial charge in [-0.25, -0.2) is 0 Å². The number of hydrogen-bond acceptors (Lipinski definition) is 0. The van der Waals surface area contributed by atoms with Crippen LogP contribution in [0.25, 0.3) is 11.1 Å². The quantitative estimate of drug-likeness (QED) is 0.193. The van der Waals surface area contributed by atoms with Gasteiger partial charge in [0.15, 0.2) is 0 Å². The average Bonchev–Trinajstić information content (AvgIpc) is 3.18. The van der Waals surface area contributed by atoms with E-state index in [9.17, 15) is 0 Å². The maximum absolute atomic E-state index is 2.49. The molecule has 0 unspecified atom stereocenters. The van der Waals surface area contributed by atoms with Crippen LogP contribution in [-0.4, -0.2) is 0 Å². The first kappa shape index (κ1) is 23.6. The number of unbranched alkanes of at least 4 members (excludes halogenated alkanes) is 5. The molecule has 0 nitrogen and oxygen atoms in total. The van der Waals surface area contributed by atoms with Crippen LogP contribution in [0, 0.1) is 13.8 Å². The van der Waals surface area contributed by atoms with Crippen molar-refractivity contribution < 1.29 is 0 Å². The summed E-state index contributed by atoms with van der Waals surface area (Å²) in [5.41, 5.74) is 12.1. The Morgan fingerprint density at radius 1 is 0.543 bits per heavy atom. The fraction of sp³-hybridized carbons (Fsp3) is 0.314. The molecule has 0 aliphatic heterocycles. The first-order valence-corrected chi connectivity index (χ1v) is 13.5. The molecule has 35 heavy (non-hydrogen) atoms. The number of aryl methyl sites for hydroxylation is 3. The van der Waals surface area contributed by atoms with Gasteiger partial charge < -0.3 is 0 Å². The third kappa shape index (κ3) is 4.36. The number of fused-ring (bicyclic) bond motifs is 3. The molecule has 0 fully saturated rings. The Balaban J connectivity index is 1.61. The minimum Gasteiger partial charge on any atom is -0.0654 e. The minimum atomic E-state index is -0.286. The maximum Gasteiger partial charge on any atom is 0.0713 e. The summed E-state index contributed by atoms with van der Waals surface area (Å²) in [6.07, 6.45) is 9.22. The van der Waals surface area contributed by atoms with Crippen LogP contribution in [0.15, 0.2) is 91.0 Å². The molecule has 4 aromatic rings. The maximum atomic E-state index is 2.49. The van der Waals surface area contributed by atoms with E-state index < -0.39 is 0 Å². The molecule has 0 aromatic heterocycles. The van der Waals surface area contributed by atoms with E-state index in [0.717, 1.165) is 0 Å². The van der Waals surface area contributed by atoms with Gasteiger partial charge in [0.1, 0.15) is 0 Å². The largest absolute Gasteiger partial charge is 0.0713 e. The summed E-state index contributed by atoms with van der Waals surface area (Å²) in [5, 5.41) is 0. The van der Waals surface area contributed by atoms with Crippen LogP contribution in [-0.2, 0) is 11.8 Å². The van der Waals surface area contributed by atoms with Gasteiger partial charge in [0.25, 0.3) is 0 Å². The van der Waals surface area contributed by atoms with Crippen molar-refractivity contribution in [3.63, 3.8) is 0 Å². The van der Waals surface area contributed by atoms with E-state index in [1.807, 2.05) is 0 Å². The van der Waals surface area contributed by atoms with Crippen molar-refractivity contribution in [2.75, 3.05) is 0 Å². The molecule has 0 saturated carbocycles. The van der Waals surface area contributed by atoms with Gasteiger partial charge in [0.05, 0.1) is 5.41 Å². The Kier molecular flexibility index (Phi) is 6.91. The summed E-state index contributed by atoms with van der Waals surface area (Å²) < 4.78 is 0. The standard InChI is InChI=1S/C35H38/c1-4-5-6-7-8-9-12-28-19-24-34-32(25-28)31-13-10-11-14-33(31)35(34,29-20-15-26(2)16-21-29)30-22-17-27(3)18-23-30/h10-11,13-25H,4-9,12H2,1-3H3. The van der Waals surface area contributed by atoms with Gasteiger partial charge in [-0.2, -0.15) is 0 Å². The molecular weight excluding hydrogens is 420 g/mol. The molecule has 0 N–H and O–H groups in total. The summed E-state index contributed by atoms with van der Waals surface area (Å²) in [7, 11) is 0. The normalized spacial score (nSPS) is 13.5. The second-order valence-electron chi connectivity index (χ2n) is 10.4. The summed E-state index contributed by atoms with van der Waals surface area (Å²) in [6, 6.07) is 34.8. The minimum absolute atomic E-state index is 0.286. The van der Waals surface area contributed by atoms with E-state index in [2.05, 4.69) is 112 Å². The summed E-state index contributed by atoms with van der Waals surface area (Å²) in [5.74, 6) is 0. The first-order valence-electron chi connectivity index (χ1n) is 13.5. The molecule has 1 aliphatic rings. The smallest absolute Gasteiger partial charge is 0.0654 e. The highest BCUT2D eigenvalue weighted by atomic mass is 14.5. The monoisotopic (exact) mass is 458 g/mol. The van der Waals surface area contributed by atoms with E-state index in [1.165, 1.54) is 95.0 Å². The van der Waals surface area contributed by atoms with E-state index >= 15 is 0 Å². The van der Waals surface area contributed by atoms with Crippen molar-refractivity contribution >= 4 is 0 Å². The Labute approximate surface area is 212 Å². The molecule has 4 aromatic carbocycles. The summed E-state index contributed by atoms with van der Waals surface area (Å²) in [4.78, 5) is 0. The zero-order valence-corrected chi connectivity index (χ0v) is 21.6. The van der Waals surface area contributed by atoms with E-state index in [-0.39, 0.29) is 5.41 Å². The molecule has 5 rings (SSSR count). The van der Waals surface area contributed by atoms with Gasteiger partial charge in [-0.05, 0) is 65.6 Å². The summed E-state index contributed by atoms with van der Waals surface area (Å²) >= 11 is 0. The summed E-state index contributed by atoms with van der Waals surface area (Å²) in [6.45, 7) is 6.64. The van der Waals surface area contributed by atoms with Crippen molar-refractivity contribution in [2.45, 2.75) is 71.1 Å². The lowest BCUT2D eigenvalue weighted by Crippen LogP contribution is -2.28. The SMILES string of the molecule is CCCCCCCCc1ccc2c(c1)-c1ccccc1C2(c1ccc(C)cc1)c1ccc(C)cc1. The van der Waals surface area contributed by atoms with Crippen LogP contribution in [0.5, 0.6) is 0 Å². The molecule has 0 spiro atoms. The van der Waals surface area contributed by atoms with Crippen molar-refractivity contribution in [3.05, 3.63) is 130 Å². The lowest BCUT2D eigenvalue weighted by atomic mass is 9.67. The van der Waals surface area contributed by atoms with Crippen LogP contribution >= 0.6 is 0 Å². The molecule has 1 aliphatic carbocycles. The molecular formula is C35H38. The zero-order chi connectivity index (χ0) is 24.3. The van der Waals surface area contributed by atoms with Crippen molar-refractivity contribution in [1.29, 1.82) is 0 Å². The molecule has 178 valence electrons. The highest BCUT2D eigenvalue weighted by molar-refractivity contribution is 5.86. The molecule has 0 saturated heterocycles. The van der Waals surface area contributed by atoms with E-state index in [4.69, 9.17) is 0 Å². The molecule has 0 atom stereocenters. The van der Waals surface area contributed by atoms with Gasteiger partial charge in [0, 0.05) is 0 Å². The lowest BCUT2D eigenvalue weighted by Gasteiger charge is -2.34. The highest BCUT2D eigenvalue weighted by Crippen LogP contribution is 2.56. The van der Waals surface area contributed by atoms with Gasteiger partial charge >= 0.3 is 0 Å². The lowest BCUT2D eigenvalue weighted by molar-refractivity contribution is 0.607. The topological polar surface area (TPSA) is 0 Å². The van der Waals surface area contributed by atoms with Crippen molar-refractivity contribution in [2.24, 2.45) is 0 Å². The van der Waals surface area contributed by atoms with E-state index in [1.54, 1.807) is 0 Å². The Hall–Kier alpha value is -3.12. The van der Waals surface area contributed by atoms with Gasteiger partial charge in [0.2, 0.25) is 0 Å². The second-order valence-corrected chi connectivity index (χ2v) is 10.4. The Bertz CT molecular complexity index is 1230. The van der Waals surface area contributed by atoms with Crippen LogP contribution < -0.4 is 0 Å². The molecule has 0 radical (unpaired) electrons. The molecule has 0 amide bonds. The molecule has 0 heteroatoms. The van der Waals surface area contributed by atoms with Crippen LogP contribution in [0.4, 0.5) is 0 Å². The van der Waals surface area contributed by atoms with Crippen LogP contribution in [0.1, 0.15) is 84.4 Å². The van der Waals surface area contributed by atoms with Crippen LogP contribution in [0.3, 0.4) is 0 Å². The predicted molar refractivity (Wildman–Crippen MR) is 150 cm³/mol. The number of hydrogen-bond donors (Lipinski definition) is 0. The van der Waals surface area contributed by atoms with Gasteiger partial charge in [-0.1, -0.05) is 141 Å². The fourth-order valence-electron chi connectivity index (χ4n) is 5.99. The Morgan fingerprint density at radius 2 is 1.11 bits per heavy atom. The number of rotatable bonds is 9. The predicted octanol–water partition coefficient (Wildman–Crippen LogP) is 9.57. The van der Waals surface area contributed by atoms with Gasteiger partial charge in [-0.3, -0.25) is 0 Å². The highest BCUT2D eigenvalue weighted by Gasteiger charge is 2.45. The zero-order valence-electron chi connectivity index (χ0n) is 21.6. The van der Waals surface area contributed by atoms with Crippen molar-refractivity contribution in [1.82, 2.24) is 0 Å². The number of benzene rings is 4. The second kappa shape index (κ2) is 10.2. The van der Waals surface area contributed by atoms with Crippen molar-refractivity contribution in [3.8, 4) is 11.1 Å². The third-order valence-corrected chi connectivity index (χ3v) is 7.90.